The Morgan fingerprint density at radius 2 is 2.26 bits per heavy atom. The minimum atomic E-state index is -1.23. The van der Waals surface area contributed by atoms with Crippen molar-refractivity contribution in [1.29, 1.82) is 0 Å². The fraction of sp³-hybridized carbons (Fsp3) is 0.231. The second kappa shape index (κ2) is 5.09. The Balaban J connectivity index is 2.24. The maximum absolute atomic E-state index is 13.6. The predicted molar refractivity (Wildman–Crippen MR) is 65.6 cm³/mol. The van der Waals surface area contributed by atoms with E-state index in [1.165, 1.54) is 12.1 Å². The number of hydrogen-bond acceptors (Lipinski definition) is 3. The third kappa shape index (κ3) is 2.73. The maximum Gasteiger partial charge on any atom is 0.339 e. The molecular formula is C13H13FN2O3. The molecule has 6 heteroatoms. The monoisotopic (exact) mass is 264 g/mol. The van der Waals surface area contributed by atoms with Crippen LogP contribution in [-0.4, -0.2) is 20.9 Å². The van der Waals surface area contributed by atoms with Gasteiger partial charge in [-0.2, -0.15) is 5.10 Å². The molecule has 100 valence electrons. The van der Waals surface area contributed by atoms with E-state index in [1.807, 2.05) is 6.92 Å². The van der Waals surface area contributed by atoms with Gasteiger partial charge in [0.2, 0.25) is 0 Å². The molecule has 0 aliphatic heterocycles. The second-order valence-electron chi connectivity index (χ2n) is 4.11. The van der Waals surface area contributed by atoms with Crippen molar-refractivity contribution in [3.05, 3.63) is 47.0 Å². The number of carboxylic acids is 1. The Hall–Kier alpha value is -2.37. The Bertz CT molecular complexity index is 622. The average molecular weight is 264 g/mol. The molecule has 19 heavy (non-hydrogen) atoms. The van der Waals surface area contributed by atoms with Crippen LogP contribution in [0.25, 0.3) is 0 Å². The van der Waals surface area contributed by atoms with E-state index in [-0.39, 0.29) is 17.9 Å². The van der Waals surface area contributed by atoms with Gasteiger partial charge in [-0.15, -0.1) is 0 Å². The Kier molecular flexibility index (Phi) is 3.50. The molecule has 0 saturated heterocycles. The van der Waals surface area contributed by atoms with Crippen molar-refractivity contribution in [2.45, 2.75) is 13.5 Å². The zero-order chi connectivity index (χ0) is 14.0. The topological polar surface area (TPSA) is 64.3 Å². The number of nitrogens with zero attached hydrogens (tertiary/aromatic N) is 2. The SMILES string of the molecule is Cc1cc(COc2c(F)cccc2C(=O)O)n(C)n1. The molecule has 0 atom stereocenters. The zero-order valence-electron chi connectivity index (χ0n) is 10.6. The summed E-state index contributed by atoms with van der Waals surface area (Å²) in [4.78, 5) is 11.0. The van der Waals surface area contributed by atoms with Crippen molar-refractivity contribution in [2.24, 2.45) is 7.05 Å². The number of aryl methyl sites for hydroxylation is 2. The first-order valence-corrected chi connectivity index (χ1v) is 5.63. The van der Waals surface area contributed by atoms with E-state index in [2.05, 4.69) is 5.10 Å². The van der Waals surface area contributed by atoms with Gasteiger partial charge in [0.05, 0.1) is 11.4 Å². The molecule has 0 radical (unpaired) electrons. The highest BCUT2D eigenvalue weighted by Crippen LogP contribution is 2.23. The van der Waals surface area contributed by atoms with Gasteiger partial charge in [-0.1, -0.05) is 6.07 Å². The molecule has 1 heterocycles. The quantitative estimate of drug-likeness (QED) is 0.919. The number of halogens is 1. The smallest absolute Gasteiger partial charge is 0.339 e. The molecule has 0 amide bonds. The van der Waals surface area contributed by atoms with E-state index >= 15 is 0 Å². The Morgan fingerprint density at radius 3 is 2.84 bits per heavy atom. The highest BCUT2D eigenvalue weighted by molar-refractivity contribution is 5.90. The molecule has 0 aliphatic rings. The first kappa shape index (κ1) is 13.1. The van der Waals surface area contributed by atoms with Gasteiger partial charge in [-0.25, -0.2) is 9.18 Å². The molecule has 5 nitrogen and oxygen atoms in total. The number of ether oxygens (including phenoxy) is 1. The number of benzene rings is 1. The lowest BCUT2D eigenvalue weighted by molar-refractivity contribution is 0.0690. The van der Waals surface area contributed by atoms with Crippen LogP contribution < -0.4 is 4.74 Å². The lowest BCUT2D eigenvalue weighted by Gasteiger charge is -2.10. The van der Waals surface area contributed by atoms with Gasteiger partial charge < -0.3 is 9.84 Å². The minimum absolute atomic E-state index is 0.0541. The minimum Gasteiger partial charge on any atom is -0.483 e. The van der Waals surface area contributed by atoms with Crippen LogP contribution in [0, 0.1) is 12.7 Å². The van der Waals surface area contributed by atoms with Crippen molar-refractivity contribution in [3.8, 4) is 5.75 Å². The van der Waals surface area contributed by atoms with Crippen molar-refractivity contribution < 1.29 is 19.0 Å². The molecule has 2 aromatic rings. The largest absolute Gasteiger partial charge is 0.483 e. The summed E-state index contributed by atoms with van der Waals surface area (Å²) >= 11 is 0. The predicted octanol–water partition coefficient (Wildman–Crippen LogP) is 2.14. The molecule has 0 unspecified atom stereocenters. The van der Waals surface area contributed by atoms with E-state index in [1.54, 1.807) is 17.8 Å². The first-order valence-electron chi connectivity index (χ1n) is 5.63. The molecule has 2 rings (SSSR count). The lowest BCUT2D eigenvalue weighted by Crippen LogP contribution is -2.08. The number of rotatable bonds is 4. The fourth-order valence-corrected chi connectivity index (χ4v) is 1.77. The summed E-state index contributed by atoms with van der Waals surface area (Å²) in [5, 5.41) is 13.1. The van der Waals surface area contributed by atoms with Crippen LogP contribution in [0.4, 0.5) is 4.39 Å². The number of para-hydroxylation sites is 1. The normalized spacial score (nSPS) is 10.5. The summed E-state index contributed by atoms with van der Waals surface area (Å²) in [6.45, 7) is 1.88. The number of carbonyl (C=O) groups is 1. The summed E-state index contributed by atoms with van der Waals surface area (Å²) in [6, 6.07) is 5.59. The van der Waals surface area contributed by atoms with Crippen LogP contribution >= 0.6 is 0 Å². The van der Waals surface area contributed by atoms with Gasteiger partial charge in [0.1, 0.15) is 12.2 Å². The summed E-state index contributed by atoms with van der Waals surface area (Å²) in [7, 11) is 1.74. The number of hydrogen-bond donors (Lipinski definition) is 1. The van der Waals surface area contributed by atoms with Crippen molar-refractivity contribution in [1.82, 2.24) is 9.78 Å². The third-order valence-electron chi connectivity index (χ3n) is 2.66. The molecule has 0 fully saturated rings. The van der Waals surface area contributed by atoms with Crippen LogP contribution in [0.2, 0.25) is 0 Å². The first-order chi connectivity index (χ1) is 8.99. The van der Waals surface area contributed by atoms with E-state index in [0.29, 0.717) is 0 Å². The lowest BCUT2D eigenvalue weighted by atomic mass is 10.2. The summed E-state index contributed by atoms with van der Waals surface area (Å²) < 4.78 is 20.5. The number of aromatic carboxylic acids is 1. The van der Waals surface area contributed by atoms with E-state index in [0.717, 1.165) is 17.5 Å². The molecule has 1 N–H and O–H groups in total. The van der Waals surface area contributed by atoms with Gasteiger partial charge in [0, 0.05) is 7.05 Å². The van der Waals surface area contributed by atoms with E-state index in [4.69, 9.17) is 9.84 Å². The molecular weight excluding hydrogens is 251 g/mol. The van der Waals surface area contributed by atoms with Gasteiger partial charge in [0.15, 0.2) is 11.6 Å². The second-order valence-corrected chi connectivity index (χ2v) is 4.11. The van der Waals surface area contributed by atoms with Crippen molar-refractivity contribution in [2.75, 3.05) is 0 Å². The molecule has 0 aliphatic carbocycles. The van der Waals surface area contributed by atoms with Crippen LogP contribution in [0.5, 0.6) is 5.75 Å². The van der Waals surface area contributed by atoms with Crippen LogP contribution in [0.1, 0.15) is 21.7 Å². The molecule has 1 aromatic carbocycles. The van der Waals surface area contributed by atoms with Crippen molar-refractivity contribution >= 4 is 5.97 Å². The highest BCUT2D eigenvalue weighted by atomic mass is 19.1. The average Bonchev–Trinajstić information content (AvgIpc) is 2.66. The maximum atomic E-state index is 13.6. The zero-order valence-corrected chi connectivity index (χ0v) is 10.6. The Labute approximate surface area is 109 Å². The Morgan fingerprint density at radius 1 is 1.53 bits per heavy atom. The summed E-state index contributed by atoms with van der Waals surface area (Å²) in [6.07, 6.45) is 0. The summed E-state index contributed by atoms with van der Waals surface area (Å²) in [5.74, 6) is -2.18. The summed E-state index contributed by atoms with van der Waals surface area (Å²) in [5.41, 5.74) is 1.35. The van der Waals surface area contributed by atoms with Gasteiger partial charge >= 0.3 is 5.97 Å². The fourth-order valence-electron chi connectivity index (χ4n) is 1.77. The van der Waals surface area contributed by atoms with Gasteiger partial charge in [-0.3, -0.25) is 4.68 Å². The van der Waals surface area contributed by atoms with Crippen LogP contribution in [0.15, 0.2) is 24.3 Å². The van der Waals surface area contributed by atoms with Crippen LogP contribution in [0.3, 0.4) is 0 Å². The molecule has 0 spiro atoms. The van der Waals surface area contributed by atoms with Crippen LogP contribution in [-0.2, 0) is 13.7 Å². The standard InChI is InChI=1S/C13H13FN2O3/c1-8-6-9(16(2)15-8)7-19-12-10(13(17)18)4-3-5-11(12)14/h3-6H,7H2,1-2H3,(H,17,18). The highest BCUT2D eigenvalue weighted by Gasteiger charge is 2.16. The van der Waals surface area contributed by atoms with E-state index < -0.39 is 11.8 Å². The number of carboxylic acid groups (broad SMARTS) is 1. The molecule has 0 saturated carbocycles. The molecule has 0 bridgehead atoms. The van der Waals surface area contributed by atoms with Gasteiger partial charge in [0.25, 0.3) is 0 Å². The molecule has 1 aromatic heterocycles. The number of aromatic nitrogens is 2. The van der Waals surface area contributed by atoms with Crippen molar-refractivity contribution in [3.63, 3.8) is 0 Å². The third-order valence-corrected chi connectivity index (χ3v) is 2.66. The van der Waals surface area contributed by atoms with Gasteiger partial charge in [-0.05, 0) is 25.1 Å². The van der Waals surface area contributed by atoms with E-state index in [9.17, 15) is 9.18 Å².